The molecule has 0 aromatic heterocycles. The van der Waals surface area contributed by atoms with Crippen LogP contribution in [0.4, 0.5) is 5.69 Å². The van der Waals surface area contributed by atoms with E-state index in [2.05, 4.69) is 32.2 Å². The van der Waals surface area contributed by atoms with Gasteiger partial charge in [0.05, 0.1) is 17.5 Å². The highest BCUT2D eigenvalue weighted by Crippen LogP contribution is 2.23. The number of carbonyl (C=O) groups is 1. The van der Waals surface area contributed by atoms with Crippen molar-refractivity contribution in [3.63, 3.8) is 0 Å². The van der Waals surface area contributed by atoms with Crippen LogP contribution in [0.1, 0.15) is 40.0 Å². The van der Waals surface area contributed by atoms with Gasteiger partial charge in [-0.25, -0.2) is 8.42 Å². The highest BCUT2D eigenvalue weighted by atomic mass is 32.2. The second-order valence-corrected chi connectivity index (χ2v) is 10.3. The van der Waals surface area contributed by atoms with Crippen molar-refractivity contribution in [2.75, 3.05) is 38.0 Å². The molecule has 1 aliphatic rings. The van der Waals surface area contributed by atoms with Gasteiger partial charge in [-0.15, -0.1) is 0 Å². The van der Waals surface area contributed by atoms with Crippen LogP contribution in [0.3, 0.4) is 0 Å². The van der Waals surface area contributed by atoms with E-state index in [0.717, 1.165) is 12.8 Å². The van der Waals surface area contributed by atoms with E-state index in [1.807, 2.05) is 4.90 Å². The van der Waals surface area contributed by atoms with Crippen molar-refractivity contribution in [3.8, 4) is 6.07 Å². The highest BCUT2D eigenvalue weighted by Gasteiger charge is 2.27. The Hall–Kier alpha value is -1.95. The molecule has 1 aromatic carbocycles. The fraction of sp³-hybridized carbons (Fsp3) is 0.600. The Morgan fingerprint density at radius 1 is 1.29 bits per heavy atom. The summed E-state index contributed by atoms with van der Waals surface area (Å²) in [7, 11) is -3.52. The molecule has 1 aliphatic heterocycles. The van der Waals surface area contributed by atoms with Gasteiger partial charge in [0.2, 0.25) is 15.9 Å². The van der Waals surface area contributed by atoms with Gasteiger partial charge in [0.1, 0.15) is 0 Å². The van der Waals surface area contributed by atoms with Gasteiger partial charge in [0, 0.05) is 38.3 Å². The Morgan fingerprint density at radius 2 is 1.96 bits per heavy atom. The topological polar surface area (TPSA) is 93.5 Å². The molecule has 0 atom stereocenters. The van der Waals surface area contributed by atoms with E-state index >= 15 is 0 Å². The minimum Gasteiger partial charge on any atom is -0.325 e. The van der Waals surface area contributed by atoms with Crippen LogP contribution >= 0.6 is 0 Å². The molecule has 1 fully saturated rings. The molecule has 0 spiro atoms. The minimum absolute atomic E-state index is 0.000537. The lowest BCUT2D eigenvalue weighted by Gasteiger charge is -2.28. The van der Waals surface area contributed by atoms with Crippen LogP contribution in [0.15, 0.2) is 29.2 Å². The van der Waals surface area contributed by atoms with Gasteiger partial charge >= 0.3 is 0 Å². The molecule has 0 unspecified atom stereocenters. The summed E-state index contributed by atoms with van der Waals surface area (Å²) >= 11 is 0. The zero-order valence-electron chi connectivity index (χ0n) is 16.9. The molecule has 0 bridgehead atoms. The minimum atomic E-state index is -3.52. The molecular weight excluding hydrogens is 376 g/mol. The Bertz CT molecular complexity index is 819. The molecule has 7 nitrogen and oxygen atoms in total. The van der Waals surface area contributed by atoms with Crippen LogP contribution in [0.2, 0.25) is 0 Å². The van der Waals surface area contributed by atoms with E-state index in [1.165, 1.54) is 10.4 Å². The smallest absolute Gasteiger partial charge is 0.243 e. The van der Waals surface area contributed by atoms with Gasteiger partial charge < -0.3 is 5.32 Å². The molecule has 8 heteroatoms. The number of hydrogen-bond donors (Lipinski definition) is 1. The number of benzene rings is 1. The lowest BCUT2D eigenvalue weighted by atomic mass is 9.96. The van der Waals surface area contributed by atoms with E-state index in [9.17, 15) is 13.2 Å². The summed E-state index contributed by atoms with van der Waals surface area (Å²) in [5.74, 6) is -0.224. The number of rotatable bonds is 8. The average Bonchev–Trinajstić information content (AvgIpc) is 3.14. The zero-order valence-corrected chi connectivity index (χ0v) is 17.8. The van der Waals surface area contributed by atoms with Crippen molar-refractivity contribution in [2.24, 2.45) is 5.41 Å². The molecular formula is C20H30N4O3S. The Morgan fingerprint density at radius 3 is 2.57 bits per heavy atom. The van der Waals surface area contributed by atoms with Crippen LogP contribution in [0.5, 0.6) is 0 Å². The molecule has 1 saturated heterocycles. The lowest BCUT2D eigenvalue weighted by Crippen LogP contribution is -2.39. The van der Waals surface area contributed by atoms with Crippen molar-refractivity contribution in [2.45, 2.75) is 44.9 Å². The number of anilines is 1. The van der Waals surface area contributed by atoms with Gasteiger partial charge in [-0.1, -0.05) is 26.8 Å². The summed E-state index contributed by atoms with van der Waals surface area (Å²) in [5, 5.41) is 11.6. The standard InChI is InChI=1S/C20H30N4O3S/c1-20(2,3)16-23(11-7-10-21)15-19(25)22-17-8-6-9-18(14-17)28(26,27)24-12-4-5-13-24/h6,8-9,14H,4-5,7,11-13,15-16H2,1-3H3,(H,22,25). The van der Waals surface area contributed by atoms with Crippen molar-refractivity contribution in [1.29, 1.82) is 5.26 Å². The summed E-state index contributed by atoms with van der Waals surface area (Å²) in [6, 6.07) is 8.50. The Kier molecular flexibility index (Phi) is 7.58. The van der Waals surface area contributed by atoms with Gasteiger partial charge in [-0.05, 0) is 36.5 Å². The fourth-order valence-corrected chi connectivity index (χ4v) is 4.87. The number of amides is 1. The van der Waals surface area contributed by atoms with Gasteiger partial charge in [-0.2, -0.15) is 9.57 Å². The van der Waals surface area contributed by atoms with Crippen molar-refractivity contribution in [1.82, 2.24) is 9.21 Å². The molecule has 0 saturated carbocycles. The Balaban J connectivity index is 2.06. The molecule has 0 aliphatic carbocycles. The van der Waals surface area contributed by atoms with Gasteiger partial charge in [0.15, 0.2) is 0 Å². The number of nitrogens with one attached hydrogen (secondary N) is 1. The van der Waals surface area contributed by atoms with Crippen molar-refractivity contribution >= 4 is 21.6 Å². The Labute approximate surface area is 168 Å². The largest absolute Gasteiger partial charge is 0.325 e. The summed E-state index contributed by atoms with van der Waals surface area (Å²) in [4.78, 5) is 14.6. The number of nitrogens with zero attached hydrogens (tertiary/aromatic N) is 3. The first kappa shape index (κ1) is 22.3. The number of hydrogen-bond acceptors (Lipinski definition) is 5. The quantitative estimate of drug-likeness (QED) is 0.716. The van der Waals surface area contributed by atoms with Crippen LogP contribution < -0.4 is 5.32 Å². The number of carbonyl (C=O) groups excluding carboxylic acids is 1. The number of nitriles is 1. The first-order valence-electron chi connectivity index (χ1n) is 9.61. The van der Waals surface area contributed by atoms with Crippen LogP contribution in [0.25, 0.3) is 0 Å². The third kappa shape index (κ3) is 6.59. The van der Waals surface area contributed by atoms with E-state index in [0.29, 0.717) is 38.3 Å². The summed E-state index contributed by atoms with van der Waals surface area (Å²) in [6.45, 7) is 8.68. The fourth-order valence-electron chi connectivity index (χ4n) is 3.31. The highest BCUT2D eigenvalue weighted by molar-refractivity contribution is 7.89. The molecule has 1 heterocycles. The second kappa shape index (κ2) is 9.50. The first-order chi connectivity index (χ1) is 13.1. The average molecular weight is 407 g/mol. The third-order valence-corrected chi connectivity index (χ3v) is 6.32. The molecule has 154 valence electrons. The van der Waals surface area contributed by atoms with E-state index in [-0.39, 0.29) is 22.8 Å². The third-order valence-electron chi connectivity index (χ3n) is 4.43. The van der Waals surface area contributed by atoms with Gasteiger partial charge in [-0.3, -0.25) is 9.69 Å². The summed E-state index contributed by atoms with van der Waals surface area (Å²) in [5.41, 5.74) is 0.459. The predicted molar refractivity (Wildman–Crippen MR) is 109 cm³/mol. The molecule has 1 amide bonds. The molecule has 1 aromatic rings. The molecule has 1 N–H and O–H groups in total. The van der Waals surface area contributed by atoms with Crippen LogP contribution in [-0.2, 0) is 14.8 Å². The maximum absolute atomic E-state index is 12.7. The number of sulfonamides is 1. The van der Waals surface area contributed by atoms with E-state index < -0.39 is 10.0 Å². The zero-order chi connectivity index (χ0) is 20.8. The first-order valence-corrected chi connectivity index (χ1v) is 11.1. The lowest BCUT2D eigenvalue weighted by molar-refractivity contribution is -0.117. The van der Waals surface area contributed by atoms with Crippen molar-refractivity contribution < 1.29 is 13.2 Å². The molecule has 28 heavy (non-hydrogen) atoms. The van der Waals surface area contributed by atoms with Crippen molar-refractivity contribution in [3.05, 3.63) is 24.3 Å². The maximum atomic E-state index is 12.7. The maximum Gasteiger partial charge on any atom is 0.243 e. The summed E-state index contributed by atoms with van der Waals surface area (Å²) in [6.07, 6.45) is 2.11. The SMILES string of the molecule is CC(C)(C)CN(CCC#N)CC(=O)Nc1cccc(S(=O)(=O)N2CCCC2)c1. The van der Waals surface area contributed by atoms with Crippen LogP contribution in [0, 0.1) is 16.7 Å². The van der Waals surface area contributed by atoms with E-state index in [1.54, 1.807) is 18.2 Å². The van der Waals surface area contributed by atoms with Crippen LogP contribution in [-0.4, -0.2) is 56.3 Å². The molecule has 2 rings (SSSR count). The second-order valence-electron chi connectivity index (χ2n) is 8.37. The van der Waals surface area contributed by atoms with E-state index in [4.69, 9.17) is 5.26 Å². The monoisotopic (exact) mass is 406 g/mol. The molecule has 0 radical (unpaired) electrons. The normalized spacial score (nSPS) is 15.5. The predicted octanol–water partition coefficient (Wildman–Crippen LogP) is 2.67. The van der Waals surface area contributed by atoms with Gasteiger partial charge in [0.25, 0.3) is 0 Å². The summed E-state index contributed by atoms with van der Waals surface area (Å²) < 4.78 is 26.9.